The van der Waals surface area contributed by atoms with Gasteiger partial charge in [0, 0.05) is 19.2 Å². The first-order valence-electron chi connectivity index (χ1n) is 8.39. The molecule has 1 saturated heterocycles. The molecule has 0 saturated carbocycles. The van der Waals surface area contributed by atoms with Crippen molar-refractivity contribution in [1.29, 1.82) is 0 Å². The standard InChI is InChI=1S/C18H25FN2O4/c1-18(2,3)25-17(23)21-8-6-13(7-9-21)11-24-16-5-4-14(19)10-15(16)20-12-22/h4-5,10,12-13H,6-9,11H2,1-3H3,(H,20,22). The minimum atomic E-state index is -0.498. The SMILES string of the molecule is CC(C)(C)OC(=O)N1CCC(COc2ccc(F)cc2NC=O)CC1. The number of nitrogens with zero attached hydrogens (tertiary/aromatic N) is 1. The van der Waals surface area contributed by atoms with E-state index in [1.807, 2.05) is 20.8 Å². The number of anilines is 1. The van der Waals surface area contributed by atoms with Crippen molar-refractivity contribution >= 4 is 18.2 Å². The lowest BCUT2D eigenvalue weighted by Gasteiger charge is -2.33. The monoisotopic (exact) mass is 352 g/mol. The van der Waals surface area contributed by atoms with Crippen LogP contribution < -0.4 is 10.1 Å². The van der Waals surface area contributed by atoms with Crippen molar-refractivity contribution in [2.75, 3.05) is 25.0 Å². The van der Waals surface area contributed by atoms with E-state index in [0.29, 0.717) is 37.5 Å². The van der Waals surface area contributed by atoms with Crippen molar-refractivity contribution in [3.05, 3.63) is 24.0 Å². The van der Waals surface area contributed by atoms with Gasteiger partial charge in [-0.3, -0.25) is 4.79 Å². The normalized spacial score (nSPS) is 15.6. The number of carbonyl (C=O) groups excluding carboxylic acids is 2. The van der Waals surface area contributed by atoms with Crippen LogP contribution in [-0.2, 0) is 9.53 Å². The summed E-state index contributed by atoms with van der Waals surface area (Å²) in [6.45, 7) is 7.22. The summed E-state index contributed by atoms with van der Waals surface area (Å²) in [5.74, 6) is 0.276. The Morgan fingerprint density at radius 3 is 2.64 bits per heavy atom. The Hall–Kier alpha value is -2.31. The highest BCUT2D eigenvalue weighted by Crippen LogP contribution is 2.27. The summed E-state index contributed by atoms with van der Waals surface area (Å²) in [7, 11) is 0. The third kappa shape index (κ3) is 5.92. The van der Waals surface area contributed by atoms with Crippen LogP contribution in [0.1, 0.15) is 33.6 Å². The highest BCUT2D eigenvalue weighted by molar-refractivity contribution is 5.75. The first-order chi connectivity index (χ1) is 11.8. The zero-order chi connectivity index (χ0) is 18.4. The van der Waals surface area contributed by atoms with Gasteiger partial charge in [-0.1, -0.05) is 0 Å². The van der Waals surface area contributed by atoms with Gasteiger partial charge >= 0.3 is 6.09 Å². The molecule has 0 aliphatic carbocycles. The van der Waals surface area contributed by atoms with Gasteiger partial charge in [0.25, 0.3) is 0 Å². The second-order valence-corrected chi connectivity index (χ2v) is 7.12. The number of hydrogen-bond acceptors (Lipinski definition) is 4. The van der Waals surface area contributed by atoms with Gasteiger partial charge in [0.05, 0.1) is 12.3 Å². The van der Waals surface area contributed by atoms with Crippen molar-refractivity contribution < 1.29 is 23.5 Å². The number of carbonyl (C=O) groups is 2. The maximum absolute atomic E-state index is 13.2. The Kier molecular flexibility index (Phi) is 6.22. The number of hydrogen-bond donors (Lipinski definition) is 1. The van der Waals surface area contributed by atoms with Crippen LogP contribution in [0, 0.1) is 11.7 Å². The molecule has 1 fully saturated rings. The van der Waals surface area contributed by atoms with Crippen molar-refractivity contribution in [3.63, 3.8) is 0 Å². The summed E-state index contributed by atoms with van der Waals surface area (Å²) in [6, 6.07) is 4.00. The van der Waals surface area contributed by atoms with Crippen molar-refractivity contribution in [2.45, 2.75) is 39.2 Å². The van der Waals surface area contributed by atoms with E-state index in [-0.39, 0.29) is 12.0 Å². The van der Waals surface area contributed by atoms with Gasteiger partial charge in [-0.2, -0.15) is 0 Å². The number of nitrogens with one attached hydrogen (secondary N) is 1. The molecule has 2 amide bonds. The van der Waals surface area contributed by atoms with E-state index >= 15 is 0 Å². The molecule has 2 rings (SSSR count). The highest BCUT2D eigenvalue weighted by atomic mass is 19.1. The lowest BCUT2D eigenvalue weighted by Crippen LogP contribution is -2.42. The van der Waals surface area contributed by atoms with E-state index in [0.717, 1.165) is 12.8 Å². The molecular weight excluding hydrogens is 327 g/mol. The number of likely N-dealkylation sites (tertiary alicyclic amines) is 1. The second-order valence-electron chi connectivity index (χ2n) is 7.12. The quantitative estimate of drug-likeness (QED) is 0.825. The molecule has 1 heterocycles. The Morgan fingerprint density at radius 2 is 2.04 bits per heavy atom. The third-order valence-corrected chi connectivity index (χ3v) is 3.90. The predicted molar refractivity (Wildman–Crippen MR) is 92.1 cm³/mol. The molecule has 0 atom stereocenters. The first-order valence-corrected chi connectivity index (χ1v) is 8.39. The summed E-state index contributed by atoms with van der Waals surface area (Å²) in [6.07, 6.45) is 1.80. The van der Waals surface area contributed by atoms with Gasteiger partial charge in [0.2, 0.25) is 6.41 Å². The largest absolute Gasteiger partial charge is 0.491 e. The van der Waals surface area contributed by atoms with Crippen LogP contribution in [0.2, 0.25) is 0 Å². The number of piperidine rings is 1. The fraction of sp³-hybridized carbons (Fsp3) is 0.556. The third-order valence-electron chi connectivity index (χ3n) is 3.90. The van der Waals surface area contributed by atoms with Crippen LogP contribution >= 0.6 is 0 Å². The lowest BCUT2D eigenvalue weighted by molar-refractivity contribution is -0.105. The fourth-order valence-electron chi connectivity index (χ4n) is 2.62. The van der Waals surface area contributed by atoms with E-state index in [1.165, 1.54) is 18.2 Å². The van der Waals surface area contributed by atoms with Crippen LogP contribution in [-0.4, -0.2) is 42.7 Å². The van der Waals surface area contributed by atoms with Crippen molar-refractivity contribution in [3.8, 4) is 5.75 Å². The lowest BCUT2D eigenvalue weighted by atomic mass is 9.98. The molecule has 0 spiro atoms. The number of amides is 2. The molecule has 0 radical (unpaired) electrons. The zero-order valence-corrected chi connectivity index (χ0v) is 14.9. The number of ether oxygens (including phenoxy) is 2. The van der Waals surface area contributed by atoms with E-state index in [2.05, 4.69) is 5.32 Å². The average Bonchev–Trinajstić information content (AvgIpc) is 2.53. The molecule has 1 aliphatic rings. The minimum absolute atomic E-state index is 0.285. The summed E-state index contributed by atoms with van der Waals surface area (Å²) >= 11 is 0. The number of rotatable bonds is 5. The first kappa shape index (κ1) is 19.0. The molecule has 0 aromatic heterocycles. The summed E-state index contributed by atoms with van der Waals surface area (Å²) < 4.78 is 24.4. The maximum atomic E-state index is 13.2. The highest BCUT2D eigenvalue weighted by Gasteiger charge is 2.27. The van der Waals surface area contributed by atoms with Gasteiger partial charge in [0.1, 0.15) is 17.2 Å². The van der Waals surface area contributed by atoms with Crippen LogP contribution in [0.15, 0.2) is 18.2 Å². The molecule has 1 aromatic rings. The van der Waals surface area contributed by atoms with E-state index in [1.54, 1.807) is 4.90 Å². The van der Waals surface area contributed by atoms with Crippen LogP contribution in [0.5, 0.6) is 5.75 Å². The second kappa shape index (κ2) is 8.18. The molecule has 1 aliphatic heterocycles. The van der Waals surface area contributed by atoms with Crippen molar-refractivity contribution in [1.82, 2.24) is 4.90 Å². The van der Waals surface area contributed by atoms with Gasteiger partial charge in [-0.15, -0.1) is 0 Å². The van der Waals surface area contributed by atoms with Gasteiger partial charge in [-0.05, 0) is 51.7 Å². The number of halogens is 1. The molecule has 138 valence electrons. The topological polar surface area (TPSA) is 67.9 Å². The predicted octanol–water partition coefficient (Wildman–Crippen LogP) is 3.42. The molecule has 1 N–H and O–H groups in total. The summed E-state index contributed by atoms with van der Waals surface area (Å²) in [5, 5.41) is 2.43. The van der Waals surface area contributed by atoms with E-state index in [9.17, 15) is 14.0 Å². The summed E-state index contributed by atoms with van der Waals surface area (Å²) in [4.78, 5) is 24.4. The van der Waals surface area contributed by atoms with Crippen LogP contribution in [0.25, 0.3) is 0 Å². The van der Waals surface area contributed by atoms with E-state index in [4.69, 9.17) is 9.47 Å². The molecule has 0 bridgehead atoms. The van der Waals surface area contributed by atoms with E-state index < -0.39 is 11.4 Å². The Morgan fingerprint density at radius 1 is 1.36 bits per heavy atom. The van der Waals surface area contributed by atoms with Gasteiger partial charge in [0.15, 0.2) is 0 Å². The Balaban J connectivity index is 1.83. The smallest absolute Gasteiger partial charge is 0.410 e. The Labute approximate surface area is 147 Å². The molecule has 0 unspecified atom stereocenters. The van der Waals surface area contributed by atoms with Crippen LogP contribution in [0.4, 0.5) is 14.9 Å². The molecular formula is C18H25FN2O4. The summed E-state index contributed by atoms with van der Waals surface area (Å²) in [5.41, 5.74) is -0.192. The van der Waals surface area contributed by atoms with Crippen LogP contribution in [0.3, 0.4) is 0 Å². The van der Waals surface area contributed by atoms with Gasteiger partial charge < -0.3 is 19.7 Å². The van der Waals surface area contributed by atoms with Crippen molar-refractivity contribution in [2.24, 2.45) is 5.92 Å². The Bertz CT molecular complexity index is 608. The molecule has 6 nitrogen and oxygen atoms in total. The zero-order valence-electron chi connectivity index (χ0n) is 14.9. The molecule has 7 heteroatoms. The minimum Gasteiger partial charge on any atom is -0.491 e. The fourth-order valence-corrected chi connectivity index (χ4v) is 2.62. The molecule has 25 heavy (non-hydrogen) atoms. The average molecular weight is 352 g/mol. The van der Waals surface area contributed by atoms with Gasteiger partial charge in [-0.25, -0.2) is 9.18 Å². The maximum Gasteiger partial charge on any atom is 0.410 e. The number of benzene rings is 1. The molecule has 1 aromatic carbocycles.